The molecule has 0 radical (unpaired) electrons. The summed E-state index contributed by atoms with van der Waals surface area (Å²) >= 11 is 0. The molecule has 1 amide bonds. The van der Waals surface area contributed by atoms with Crippen molar-refractivity contribution in [3.05, 3.63) is 35.5 Å². The summed E-state index contributed by atoms with van der Waals surface area (Å²) in [6, 6.07) is 5.74. The Morgan fingerprint density at radius 2 is 2.10 bits per heavy atom. The van der Waals surface area contributed by atoms with Gasteiger partial charge in [0.15, 0.2) is 5.82 Å². The van der Waals surface area contributed by atoms with Gasteiger partial charge in [0.1, 0.15) is 0 Å². The maximum atomic E-state index is 11.7. The predicted molar refractivity (Wildman–Crippen MR) is 81.0 cm³/mol. The fraction of sp³-hybridized carbons (Fsp3) is 0.400. The van der Waals surface area contributed by atoms with Crippen molar-refractivity contribution >= 4 is 17.3 Å². The van der Waals surface area contributed by atoms with E-state index in [1.807, 2.05) is 39.0 Å². The molecule has 112 valence electrons. The van der Waals surface area contributed by atoms with Crippen LogP contribution in [-0.2, 0) is 11.3 Å². The second kappa shape index (κ2) is 6.39. The van der Waals surface area contributed by atoms with Crippen LogP contribution in [0.2, 0.25) is 0 Å². The first-order valence-corrected chi connectivity index (χ1v) is 6.90. The molecule has 6 heteroatoms. The highest BCUT2D eigenvalue weighted by atomic mass is 16.5. The van der Waals surface area contributed by atoms with E-state index in [-0.39, 0.29) is 11.8 Å². The molecular formula is C15H20N4O2. The zero-order valence-electron chi connectivity index (χ0n) is 12.7. The lowest BCUT2D eigenvalue weighted by Crippen LogP contribution is -2.17. The highest BCUT2D eigenvalue weighted by molar-refractivity contribution is 5.92. The van der Waals surface area contributed by atoms with Gasteiger partial charge in [-0.25, -0.2) is 0 Å². The van der Waals surface area contributed by atoms with Gasteiger partial charge in [0.25, 0.3) is 0 Å². The average Bonchev–Trinajstić information content (AvgIpc) is 2.85. The average molecular weight is 288 g/mol. The van der Waals surface area contributed by atoms with Gasteiger partial charge in [0, 0.05) is 17.3 Å². The van der Waals surface area contributed by atoms with E-state index >= 15 is 0 Å². The first-order valence-electron chi connectivity index (χ1n) is 6.90. The van der Waals surface area contributed by atoms with Crippen LogP contribution in [-0.4, -0.2) is 16.0 Å². The van der Waals surface area contributed by atoms with E-state index in [1.54, 1.807) is 6.92 Å². The van der Waals surface area contributed by atoms with E-state index in [0.29, 0.717) is 18.3 Å². The minimum absolute atomic E-state index is 0.00247. The number of rotatable bonds is 5. The normalized spacial score (nSPS) is 10.7. The van der Waals surface area contributed by atoms with Crippen molar-refractivity contribution in [3.8, 4) is 0 Å². The first kappa shape index (κ1) is 15.0. The molecule has 0 aliphatic rings. The number of hydrogen-bond acceptors (Lipinski definition) is 5. The standard InChI is InChI=1S/C15H20N4O2/c1-9(2)15(20)18-12-6-5-10(3)13(7-12)16-8-14-17-11(4)19-21-14/h5-7,9,16H,8H2,1-4H3,(H,18,20). The Morgan fingerprint density at radius 1 is 1.33 bits per heavy atom. The number of aryl methyl sites for hydroxylation is 2. The van der Waals surface area contributed by atoms with Gasteiger partial charge in [0.05, 0.1) is 6.54 Å². The molecule has 0 fully saturated rings. The second-order valence-corrected chi connectivity index (χ2v) is 5.26. The monoisotopic (exact) mass is 288 g/mol. The quantitative estimate of drug-likeness (QED) is 0.884. The van der Waals surface area contributed by atoms with Crippen molar-refractivity contribution in [1.82, 2.24) is 10.1 Å². The maximum Gasteiger partial charge on any atom is 0.245 e. The van der Waals surface area contributed by atoms with Crippen LogP contribution >= 0.6 is 0 Å². The highest BCUT2D eigenvalue weighted by Crippen LogP contribution is 2.21. The molecule has 0 spiro atoms. The molecule has 1 heterocycles. The van der Waals surface area contributed by atoms with Crippen molar-refractivity contribution in [2.45, 2.75) is 34.2 Å². The van der Waals surface area contributed by atoms with Crippen molar-refractivity contribution < 1.29 is 9.32 Å². The van der Waals surface area contributed by atoms with Crippen molar-refractivity contribution in [3.63, 3.8) is 0 Å². The molecule has 2 rings (SSSR count). The van der Waals surface area contributed by atoms with Crippen LogP contribution in [0.3, 0.4) is 0 Å². The SMILES string of the molecule is Cc1noc(CNc2cc(NC(=O)C(C)C)ccc2C)n1. The van der Waals surface area contributed by atoms with Crippen LogP contribution in [0.5, 0.6) is 0 Å². The van der Waals surface area contributed by atoms with Gasteiger partial charge in [-0.05, 0) is 31.5 Å². The zero-order chi connectivity index (χ0) is 15.4. The number of nitrogens with one attached hydrogen (secondary N) is 2. The van der Waals surface area contributed by atoms with E-state index in [4.69, 9.17) is 4.52 Å². The van der Waals surface area contributed by atoms with Gasteiger partial charge >= 0.3 is 0 Å². The minimum Gasteiger partial charge on any atom is -0.376 e. The molecule has 1 aromatic heterocycles. The summed E-state index contributed by atoms with van der Waals surface area (Å²) in [6.07, 6.45) is 0. The summed E-state index contributed by atoms with van der Waals surface area (Å²) in [5.41, 5.74) is 2.77. The number of amides is 1. The van der Waals surface area contributed by atoms with Crippen LogP contribution in [0, 0.1) is 19.8 Å². The third kappa shape index (κ3) is 4.05. The Balaban J connectivity index is 2.06. The number of anilines is 2. The number of nitrogens with zero attached hydrogens (tertiary/aromatic N) is 2. The molecule has 1 aromatic carbocycles. The lowest BCUT2D eigenvalue weighted by molar-refractivity contribution is -0.118. The number of aromatic nitrogens is 2. The largest absolute Gasteiger partial charge is 0.376 e. The number of hydrogen-bond donors (Lipinski definition) is 2. The number of carbonyl (C=O) groups is 1. The van der Waals surface area contributed by atoms with Gasteiger partial charge in [-0.3, -0.25) is 4.79 Å². The van der Waals surface area contributed by atoms with Gasteiger partial charge < -0.3 is 15.2 Å². The Hall–Kier alpha value is -2.37. The van der Waals surface area contributed by atoms with Crippen LogP contribution in [0.15, 0.2) is 22.7 Å². The Kier molecular flexibility index (Phi) is 4.57. The topological polar surface area (TPSA) is 80.0 Å². The summed E-state index contributed by atoms with van der Waals surface area (Å²) in [5.74, 6) is 1.09. The van der Waals surface area contributed by atoms with E-state index in [1.165, 1.54) is 0 Å². The summed E-state index contributed by atoms with van der Waals surface area (Å²) < 4.78 is 5.06. The van der Waals surface area contributed by atoms with Crippen molar-refractivity contribution in [2.24, 2.45) is 5.92 Å². The molecule has 0 saturated heterocycles. The van der Waals surface area contributed by atoms with E-state index in [9.17, 15) is 4.79 Å². The molecule has 0 aliphatic carbocycles. The van der Waals surface area contributed by atoms with Gasteiger partial charge in [-0.1, -0.05) is 25.1 Å². The lowest BCUT2D eigenvalue weighted by Gasteiger charge is -2.12. The molecule has 0 aliphatic heterocycles. The van der Waals surface area contributed by atoms with Crippen molar-refractivity contribution in [2.75, 3.05) is 10.6 Å². The number of benzene rings is 1. The van der Waals surface area contributed by atoms with E-state index < -0.39 is 0 Å². The van der Waals surface area contributed by atoms with Crippen LogP contribution in [0.4, 0.5) is 11.4 Å². The molecule has 6 nitrogen and oxygen atoms in total. The Morgan fingerprint density at radius 3 is 2.71 bits per heavy atom. The first-order chi connectivity index (χ1) is 9.95. The lowest BCUT2D eigenvalue weighted by atomic mass is 10.1. The summed E-state index contributed by atoms with van der Waals surface area (Å²) in [5, 5.41) is 9.86. The minimum atomic E-state index is -0.0518. The highest BCUT2D eigenvalue weighted by Gasteiger charge is 2.09. The molecule has 2 aromatic rings. The third-order valence-electron chi connectivity index (χ3n) is 3.03. The van der Waals surface area contributed by atoms with Crippen molar-refractivity contribution in [1.29, 1.82) is 0 Å². The van der Waals surface area contributed by atoms with E-state index in [2.05, 4.69) is 20.8 Å². The molecule has 21 heavy (non-hydrogen) atoms. The van der Waals surface area contributed by atoms with Crippen LogP contribution in [0.25, 0.3) is 0 Å². The second-order valence-electron chi connectivity index (χ2n) is 5.26. The van der Waals surface area contributed by atoms with Gasteiger partial charge in [-0.2, -0.15) is 4.98 Å². The van der Waals surface area contributed by atoms with Gasteiger partial charge in [0.2, 0.25) is 11.8 Å². The predicted octanol–water partition coefficient (Wildman–Crippen LogP) is 2.89. The Bertz CT molecular complexity index is 634. The van der Waals surface area contributed by atoms with Gasteiger partial charge in [-0.15, -0.1) is 0 Å². The third-order valence-corrected chi connectivity index (χ3v) is 3.03. The summed E-state index contributed by atoms with van der Waals surface area (Å²) in [4.78, 5) is 15.9. The van der Waals surface area contributed by atoms with Crippen LogP contribution < -0.4 is 10.6 Å². The molecular weight excluding hydrogens is 268 g/mol. The molecule has 0 atom stereocenters. The zero-order valence-corrected chi connectivity index (χ0v) is 12.7. The number of carbonyl (C=O) groups excluding carboxylic acids is 1. The molecule has 0 bridgehead atoms. The van der Waals surface area contributed by atoms with Crippen LogP contribution in [0.1, 0.15) is 31.1 Å². The molecule has 0 unspecified atom stereocenters. The fourth-order valence-corrected chi connectivity index (χ4v) is 1.76. The molecule has 2 N–H and O–H groups in total. The molecule has 0 saturated carbocycles. The fourth-order valence-electron chi connectivity index (χ4n) is 1.76. The van der Waals surface area contributed by atoms with E-state index in [0.717, 1.165) is 16.9 Å². The maximum absolute atomic E-state index is 11.7. The summed E-state index contributed by atoms with van der Waals surface area (Å²) in [7, 11) is 0. The smallest absolute Gasteiger partial charge is 0.245 e. The summed E-state index contributed by atoms with van der Waals surface area (Å²) in [6.45, 7) is 7.94. The Labute approximate surface area is 123 Å².